The molecule has 0 radical (unpaired) electrons. The lowest BCUT2D eigenvalue weighted by atomic mass is 9.82. The van der Waals surface area contributed by atoms with Gasteiger partial charge in [-0.15, -0.1) is 11.3 Å². The Labute approximate surface area is 171 Å². The Bertz CT molecular complexity index is 950. The van der Waals surface area contributed by atoms with Gasteiger partial charge in [0.15, 0.2) is 0 Å². The van der Waals surface area contributed by atoms with Gasteiger partial charge in [0.05, 0.1) is 12.5 Å². The van der Waals surface area contributed by atoms with Crippen molar-refractivity contribution in [3.05, 3.63) is 53.2 Å². The second-order valence-corrected chi connectivity index (χ2v) is 7.42. The predicted octanol–water partition coefficient (Wildman–Crippen LogP) is 3.00. The van der Waals surface area contributed by atoms with Crippen LogP contribution >= 0.6 is 11.3 Å². The normalized spacial score (nSPS) is 18.3. The summed E-state index contributed by atoms with van der Waals surface area (Å²) in [5, 5.41) is 16.0. The molecule has 0 fully saturated rings. The molecule has 1 aliphatic carbocycles. The van der Waals surface area contributed by atoms with Crippen molar-refractivity contribution in [3.63, 3.8) is 0 Å². The first-order valence-corrected chi connectivity index (χ1v) is 10.0. The fourth-order valence-electron chi connectivity index (χ4n) is 3.27. The fourth-order valence-corrected chi connectivity index (χ4v) is 4.23. The van der Waals surface area contributed by atoms with E-state index >= 15 is 0 Å². The second-order valence-electron chi connectivity index (χ2n) is 6.54. The van der Waals surface area contributed by atoms with E-state index in [2.05, 4.69) is 5.32 Å². The lowest BCUT2D eigenvalue weighted by molar-refractivity contribution is -0.313. The standard InChI is InChI=1S/C21H20FNO5S/c1-2-28-21(27)17-16(12-7-9-13(22)10-8-12)11-29-19(17)23-18(24)14-5-3-4-6-15(14)20(25)26/h3-4,7-11,14-15H,2,5-6H2,1H3,(H,23,24)(H,25,26)/p-1/t14-,15+/m0/s1. The molecule has 0 saturated carbocycles. The number of allylic oxidation sites excluding steroid dienone is 2. The van der Waals surface area contributed by atoms with Crippen molar-refractivity contribution in [1.29, 1.82) is 0 Å². The van der Waals surface area contributed by atoms with E-state index in [0.717, 1.165) is 11.3 Å². The van der Waals surface area contributed by atoms with Gasteiger partial charge >= 0.3 is 5.97 Å². The number of amides is 1. The van der Waals surface area contributed by atoms with Crippen molar-refractivity contribution >= 4 is 34.2 Å². The SMILES string of the molecule is CCOC(=O)c1c(-c2ccc(F)cc2)csc1NC(=O)[C@H]1CC=CC[C@H]1C(=O)[O-]. The molecule has 3 rings (SSSR count). The molecule has 1 heterocycles. The number of carboxylic acid groups (broad SMARTS) is 1. The summed E-state index contributed by atoms with van der Waals surface area (Å²) in [7, 11) is 0. The number of hydrogen-bond donors (Lipinski definition) is 1. The number of rotatable bonds is 6. The fraction of sp³-hybridized carbons (Fsp3) is 0.286. The Morgan fingerprint density at radius 1 is 1.17 bits per heavy atom. The number of anilines is 1. The molecule has 2 aromatic rings. The number of carboxylic acids is 1. The average Bonchev–Trinajstić information content (AvgIpc) is 3.12. The molecule has 0 unspecified atom stereocenters. The van der Waals surface area contributed by atoms with Crippen LogP contribution in [0.4, 0.5) is 9.39 Å². The van der Waals surface area contributed by atoms with Crippen LogP contribution in [0.5, 0.6) is 0 Å². The molecule has 0 aliphatic heterocycles. The van der Waals surface area contributed by atoms with Crippen LogP contribution in [0.25, 0.3) is 11.1 Å². The van der Waals surface area contributed by atoms with Gasteiger partial charge in [0, 0.05) is 22.8 Å². The van der Waals surface area contributed by atoms with Gasteiger partial charge in [0.25, 0.3) is 0 Å². The smallest absolute Gasteiger partial charge is 0.341 e. The Morgan fingerprint density at radius 3 is 2.45 bits per heavy atom. The van der Waals surface area contributed by atoms with E-state index in [1.54, 1.807) is 24.5 Å². The third-order valence-electron chi connectivity index (χ3n) is 4.73. The summed E-state index contributed by atoms with van der Waals surface area (Å²) in [4.78, 5) is 36.7. The molecule has 8 heteroatoms. The summed E-state index contributed by atoms with van der Waals surface area (Å²) in [6.45, 7) is 1.81. The zero-order chi connectivity index (χ0) is 21.0. The van der Waals surface area contributed by atoms with Crippen LogP contribution in [0.15, 0.2) is 41.8 Å². The van der Waals surface area contributed by atoms with Crippen molar-refractivity contribution < 1.29 is 28.6 Å². The first-order valence-electron chi connectivity index (χ1n) is 9.13. The first-order chi connectivity index (χ1) is 13.9. The molecule has 29 heavy (non-hydrogen) atoms. The van der Waals surface area contributed by atoms with Gasteiger partial charge in [0.2, 0.25) is 5.91 Å². The molecule has 0 bridgehead atoms. The number of carbonyl (C=O) groups excluding carboxylic acids is 3. The predicted molar refractivity (Wildman–Crippen MR) is 105 cm³/mol. The number of esters is 1. The molecule has 1 aromatic carbocycles. The molecule has 152 valence electrons. The van der Waals surface area contributed by atoms with Crippen LogP contribution in [-0.4, -0.2) is 24.5 Å². The lowest BCUT2D eigenvalue weighted by Crippen LogP contribution is -2.41. The highest BCUT2D eigenvalue weighted by molar-refractivity contribution is 7.15. The Kier molecular flexibility index (Phi) is 6.43. The van der Waals surface area contributed by atoms with E-state index in [9.17, 15) is 23.9 Å². The topological polar surface area (TPSA) is 95.5 Å². The molecule has 0 saturated heterocycles. The van der Waals surface area contributed by atoms with Gasteiger partial charge in [-0.2, -0.15) is 0 Å². The second kappa shape index (κ2) is 9.00. The number of carbonyl (C=O) groups is 3. The van der Waals surface area contributed by atoms with Gasteiger partial charge in [-0.1, -0.05) is 24.3 Å². The van der Waals surface area contributed by atoms with Crippen LogP contribution in [0.1, 0.15) is 30.1 Å². The maximum absolute atomic E-state index is 13.3. The van der Waals surface area contributed by atoms with Crippen LogP contribution in [0.2, 0.25) is 0 Å². The molecular weight excluding hydrogens is 397 g/mol. The van der Waals surface area contributed by atoms with E-state index < -0.39 is 35.5 Å². The highest BCUT2D eigenvalue weighted by atomic mass is 32.1. The lowest BCUT2D eigenvalue weighted by Gasteiger charge is -2.28. The van der Waals surface area contributed by atoms with Crippen molar-refractivity contribution in [2.75, 3.05) is 11.9 Å². The van der Waals surface area contributed by atoms with Crippen LogP contribution in [-0.2, 0) is 14.3 Å². The molecule has 2 atom stereocenters. The summed E-state index contributed by atoms with van der Waals surface area (Å²) < 4.78 is 18.4. The molecular formula is C21H19FNO5S-. The number of benzene rings is 1. The van der Waals surface area contributed by atoms with E-state index in [4.69, 9.17) is 4.74 Å². The van der Waals surface area contributed by atoms with Crippen molar-refractivity contribution in [2.24, 2.45) is 11.8 Å². The van der Waals surface area contributed by atoms with Crippen molar-refractivity contribution in [3.8, 4) is 11.1 Å². The van der Waals surface area contributed by atoms with Gasteiger partial charge in [0.1, 0.15) is 16.4 Å². The minimum absolute atomic E-state index is 0.144. The first kappa shape index (κ1) is 20.7. The zero-order valence-corrected chi connectivity index (χ0v) is 16.5. The zero-order valence-electron chi connectivity index (χ0n) is 15.6. The van der Waals surface area contributed by atoms with Crippen molar-refractivity contribution in [2.45, 2.75) is 19.8 Å². The molecule has 1 N–H and O–H groups in total. The van der Waals surface area contributed by atoms with Crippen LogP contribution < -0.4 is 10.4 Å². The van der Waals surface area contributed by atoms with Crippen molar-refractivity contribution in [1.82, 2.24) is 0 Å². The van der Waals surface area contributed by atoms with Gasteiger partial charge in [-0.25, -0.2) is 9.18 Å². The molecule has 1 amide bonds. The summed E-state index contributed by atoms with van der Waals surface area (Å²) >= 11 is 1.12. The van der Waals surface area contributed by atoms with E-state index in [-0.39, 0.29) is 30.0 Å². The summed E-state index contributed by atoms with van der Waals surface area (Å²) in [6, 6.07) is 5.62. The quantitative estimate of drug-likeness (QED) is 0.577. The number of thiophene rings is 1. The monoisotopic (exact) mass is 416 g/mol. The Morgan fingerprint density at radius 2 is 1.83 bits per heavy atom. The average molecular weight is 416 g/mol. The molecule has 0 spiro atoms. The minimum atomic E-state index is -1.28. The number of aliphatic carboxylic acids is 1. The number of halogens is 1. The van der Waals surface area contributed by atoms with E-state index in [1.807, 2.05) is 0 Å². The Hall–Kier alpha value is -3.00. The largest absolute Gasteiger partial charge is 0.550 e. The minimum Gasteiger partial charge on any atom is -0.550 e. The number of nitrogens with one attached hydrogen (secondary N) is 1. The summed E-state index contributed by atoms with van der Waals surface area (Å²) in [5.41, 5.74) is 1.26. The van der Waals surface area contributed by atoms with Crippen LogP contribution in [0, 0.1) is 17.7 Å². The highest BCUT2D eigenvalue weighted by Crippen LogP contribution is 2.37. The third kappa shape index (κ3) is 4.54. The Balaban J connectivity index is 1.93. The number of ether oxygens (including phenoxy) is 1. The molecule has 6 nitrogen and oxygen atoms in total. The van der Waals surface area contributed by atoms with Crippen LogP contribution in [0.3, 0.4) is 0 Å². The number of hydrogen-bond acceptors (Lipinski definition) is 6. The summed E-state index contributed by atoms with van der Waals surface area (Å²) in [6.07, 6.45) is 3.96. The van der Waals surface area contributed by atoms with E-state index in [0.29, 0.717) is 11.1 Å². The maximum Gasteiger partial charge on any atom is 0.341 e. The molecule has 1 aliphatic rings. The van der Waals surface area contributed by atoms with Gasteiger partial charge in [-0.3, -0.25) is 4.79 Å². The maximum atomic E-state index is 13.3. The third-order valence-corrected chi connectivity index (χ3v) is 5.63. The van der Waals surface area contributed by atoms with Gasteiger partial charge in [-0.05, 0) is 37.5 Å². The van der Waals surface area contributed by atoms with Gasteiger partial charge < -0.3 is 20.0 Å². The summed E-state index contributed by atoms with van der Waals surface area (Å²) in [5.74, 6) is -4.53. The molecule has 1 aromatic heterocycles. The van der Waals surface area contributed by atoms with E-state index in [1.165, 1.54) is 24.3 Å². The highest BCUT2D eigenvalue weighted by Gasteiger charge is 2.31.